The summed E-state index contributed by atoms with van der Waals surface area (Å²) in [4.78, 5) is 0. The van der Waals surface area contributed by atoms with Crippen molar-refractivity contribution in [1.29, 1.82) is 0 Å². The van der Waals surface area contributed by atoms with Crippen molar-refractivity contribution in [3.8, 4) is 5.75 Å². The Morgan fingerprint density at radius 3 is 1.98 bits per heavy atom. The van der Waals surface area contributed by atoms with Gasteiger partial charge in [-0.3, -0.25) is 0 Å². The van der Waals surface area contributed by atoms with Crippen molar-refractivity contribution in [2.24, 2.45) is 0 Å². The average molecular weight is 618 g/mol. The average Bonchev–Trinajstić information content (AvgIpc) is 3.04. The predicted octanol–water partition coefficient (Wildman–Crippen LogP) is 9.73. The van der Waals surface area contributed by atoms with E-state index in [2.05, 4.69) is 65.2 Å². The van der Waals surface area contributed by atoms with Crippen molar-refractivity contribution in [2.45, 2.75) is 62.4 Å². The lowest BCUT2D eigenvalue weighted by Crippen LogP contribution is -2.28. The van der Waals surface area contributed by atoms with Crippen LogP contribution < -0.4 is 15.4 Å². The molecule has 0 aromatic heterocycles. The quantitative estimate of drug-likeness (QED) is 0.174. The van der Waals surface area contributed by atoms with Gasteiger partial charge >= 0.3 is 0 Å². The van der Waals surface area contributed by atoms with Gasteiger partial charge < -0.3 is 15.4 Å². The fraction of sp³-hybridized carbons (Fsp3) is 0.351. The van der Waals surface area contributed by atoms with Gasteiger partial charge in [-0.25, -0.2) is 4.39 Å². The van der Waals surface area contributed by atoms with E-state index < -0.39 is 0 Å². The van der Waals surface area contributed by atoms with Crippen LogP contribution in [0.25, 0.3) is 0 Å². The van der Waals surface area contributed by atoms with Gasteiger partial charge in [0.25, 0.3) is 0 Å². The van der Waals surface area contributed by atoms with E-state index in [0.29, 0.717) is 40.4 Å². The molecule has 6 rings (SSSR count). The Bertz CT molecular complexity index is 1560. The van der Waals surface area contributed by atoms with Crippen LogP contribution in [0.15, 0.2) is 84.9 Å². The van der Waals surface area contributed by atoms with E-state index in [4.69, 9.17) is 27.9 Å². The molecule has 2 aliphatic rings. The van der Waals surface area contributed by atoms with Crippen LogP contribution in [-0.4, -0.2) is 20.2 Å². The zero-order chi connectivity index (χ0) is 29.8. The van der Waals surface area contributed by atoms with Crippen molar-refractivity contribution < 1.29 is 9.13 Å². The minimum atomic E-state index is -0.297. The minimum absolute atomic E-state index is 0.252. The molecule has 0 radical (unpaired) electrons. The maximum atomic E-state index is 14.7. The molecule has 43 heavy (non-hydrogen) atoms. The third-order valence-corrected chi connectivity index (χ3v) is 9.99. The van der Waals surface area contributed by atoms with E-state index in [-0.39, 0.29) is 11.7 Å². The number of nitrogens with one attached hydrogen (secondary N) is 2. The summed E-state index contributed by atoms with van der Waals surface area (Å²) in [6, 6.07) is 29.4. The molecule has 0 spiro atoms. The number of ether oxygens (including phenoxy) is 1. The van der Waals surface area contributed by atoms with E-state index in [9.17, 15) is 4.39 Å². The zero-order valence-corrected chi connectivity index (χ0v) is 26.1. The lowest BCUT2D eigenvalue weighted by atomic mass is 9.77. The molecule has 4 unspecified atom stereocenters. The van der Waals surface area contributed by atoms with Gasteiger partial charge in [0.05, 0.1) is 16.7 Å². The molecular weight excluding hydrogens is 578 g/mol. The van der Waals surface area contributed by atoms with Gasteiger partial charge in [-0.15, -0.1) is 0 Å². The highest BCUT2D eigenvalue weighted by Gasteiger charge is 2.29. The summed E-state index contributed by atoms with van der Waals surface area (Å²) in [6.45, 7) is 1.37. The molecular formula is C37H39Cl2FN2O. The van der Waals surface area contributed by atoms with Crippen LogP contribution in [-0.2, 0) is 0 Å². The first kappa shape index (κ1) is 30.1. The number of hydrogen-bond acceptors (Lipinski definition) is 3. The van der Waals surface area contributed by atoms with Crippen LogP contribution in [0.5, 0.6) is 5.75 Å². The molecule has 0 amide bonds. The molecule has 4 atom stereocenters. The highest BCUT2D eigenvalue weighted by molar-refractivity contribution is 6.42. The first-order valence-corrected chi connectivity index (χ1v) is 16.2. The first-order valence-electron chi connectivity index (χ1n) is 15.5. The third kappa shape index (κ3) is 6.63. The number of hydrogen-bond donors (Lipinski definition) is 2. The molecule has 6 heteroatoms. The Morgan fingerprint density at radius 2 is 1.30 bits per heavy atom. The second-order valence-corrected chi connectivity index (χ2v) is 12.6. The molecule has 4 aromatic rings. The second-order valence-electron chi connectivity index (χ2n) is 11.8. The van der Waals surface area contributed by atoms with Crippen LogP contribution in [0.2, 0.25) is 10.0 Å². The molecule has 0 fully saturated rings. The molecule has 0 aliphatic heterocycles. The van der Waals surface area contributed by atoms with Crippen molar-refractivity contribution in [2.75, 3.05) is 20.2 Å². The van der Waals surface area contributed by atoms with E-state index in [1.54, 1.807) is 6.07 Å². The molecule has 0 heterocycles. The van der Waals surface area contributed by atoms with Gasteiger partial charge in [-0.05, 0) is 110 Å². The van der Waals surface area contributed by atoms with E-state index >= 15 is 0 Å². The van der Waals surface area contributed by atoms with Crippen LogP contribution >= 0.6 is 23.2 Å². The summed E-state index contributed by atoms with van der Waals surface area (Å²) in [6.07, 6.45) is 5.99. The smallest absolute Gasteiger partial charge is 0.165 e. The minimum Gasteiger partial charge on any atom is -0.491 e. The van der Waals surface area contributed by atoms with Crippen molar-refractivity contribution >= 4 is 23.2 Å². The summed E-state index contributed by atoms with van der Waals surface area (Å²) >= 11 is 12.5. The largest absolute Gasteiger partial charge is 0.491 e. The summed E-state index contributed by atoms with van der Waals surface area (Å²) in [5.74, 6) is 0.625. The molecule has 0 saturated carbocycles. The molecule has 2 N–H and O–H groups in total. The van der Waals surface area contributed by atoms with E-state index in [1.807, 2.05) is 31.3 Å². The Morgan fingerprint density at radius 1 is 0.698 bits per heavy atom. The van der Waals surface area contributed by atoms with Crippen LogP contribution in [0.3, 0.4) is 0 Å². The number of fused-ring (bicyclic) bond motifs is 2. The van der Waals surface area contributed by atoms with Crippen LogP contribution in [0.4, 0.5) is 4.39 Å². The summed E-state index contributed by atoms with van der Waals surface area (Å²) in [5, 5.41) is 8.40. The molecule has 3 nitrogen and oxygen atoms in total. The van der Waals surface area contributed by atoms with Gasteiger partial charge in [-0.1, -0.05) is 83.9 Å². The maximum Gasteiger partial charge on any atom is 0.165 e. The Kier molecular flexibility index (Phi) is 9.69. The second kappa shape index (κ2) is 13.8. The Hall–Kier alpha value is -2.89. The predicted molar refractivity (Wildman–Crippen MR) is 175 cm³/mol. The third-order valence-electron chi connectivity index (χ3n) is 9.25. The topological polar surface area (TPSA) is 33.3 Å². The van der Waals surface area contributed by atoms with Crippen LogP contribution in [0.1, 0.15) is 95.8 Å². The van der Waals surface area contributed by atoms with Crippen molar-refractivity contribution in [3.63, 3.8) is 0 Å². The lowest BCUT2D eigenvalue weighted by Gasteiger charge is -2.32. The number of unbranched alkanes of at least 4 members (excludes halogenated alkanes) is 1. The van der Waals surface area contributed by atoms with Gasteiger partial charge in [0.15, 0.2) is 11.6 Å². The summed E-state index contributed by atoms with van der Waals surface area (Å²) in [7, 11) is 2.02. The highest BCUT2D eigenvalue weighted by Crippen LogP contribution is 2.43. The van der Waals surface area contributed by atoms with E-state index in [0.717, 1.165) is 50.6 Å². The number of rotatable bonds is 10. The Labute approximate surface area is 264 Å². The van der Waals surface area contributed by atoms with Gasteiger partial charge in [-0.2, -0.15) is 0 Å². The van der Waals surface area contributed by atoms with Gasteiger partial charge in [0, 0.05) is 23.9 Å². The van der Waals surface area contributed by atoms with Crippen LogP contribution in [0, 0.1) is 5.82 Å². The fourth-order valence-electron chi connectivity index (χ4n) is 7.05. The number of halogens is 3. The first-order chi connectivity index (χ1) is 21.0. The monoisotopic (exact) mass is 616 g/mol. The highest BCUT2D eigenvalue weighted by atomic mass is 35.5. The van der Waals surface area contributed by atoms with Crippen molar-refractivity contribution in [1.82, 2.24) is 10.6 Å². The number of benzene rings is 4. The molecule has 0 saturated heterocycles. The molecule has 224 valence electrons. The Balaban J connectivity index is 1.03. The maximum absolute atomic E-state index is 14.7. The van der Waals surface area contributed by atoms with Crippen molar-refractivity contribution in [3.05, 3.63) is 134 Å². The zero-order valence-electron chi connectivity index (χ0n) is 24.6. The molecule has 0 bridgehead atoms. The normalized spacial score (nSPS) is 21.2. The fourth-order valence-corrected chi connectivity index (χ4v) is 7.35. The molecule has 2 aliphatic carbocycles. The molecule has 4 aromatic carbocycles. The SMILES string of the molecule is CNC1CCC(c2ccc(F)c(OCCCCNC3CCC(c4ccc(Cl)c(Cl)c4)c4ccccc43)c2)c2ccccc21. The summed E-state index contributed by atoms with van der Waals surface area (Å²) < 4.78 is 20.7. The van der Waals surface area contributed by atoms with Gasteiger partial charge in [0.1, 0.15) is 0 Å². The van der Waals surface area contributed by atoms with Gasteiger partial charge in [0.2, 0.25) is 0 Å². The van der Waals surface area contributed by atoms with E-state index in [1.165, 1.54) is 27.8 Å². The lowest BCUT2D eigenvalue weighted by molar-refractivity contribution is 0.289. The standard InChI is InChI=1S/C37H39Cl2FN2O/c1-41-35-18-14-27(28-8-2-4-10-30(28)35)25-13-17-34(40)37(23-25)43-21-7-6-20-42-36-19-15-26(29-9-3-5-11-31(29)36)24-12-16-32(38)33(39)22-24/h2-5,8-13,16-17,22-23,26-27,35-36,41-42H,6-7,14-15,18-21H2,1H3. The summed E-state index contributed by atoms with van der Waals surface area (Å²) in [5.41, 5.74) is 7.70.